The minimum atomic E-state index is -0.373. The first-order valence-corrected chi connectivity index (χ1v) is 8.52. The van der Waals surface area contributed by atoms with Gasteiger partial charge in [-0.15, -0.1) is 0 Å². The van der Waals surface area contributed by atoms with Crippen LogP contribution in [0.5, 0.6) is 0 Å². The number of amides is 3. The zero-order chi connectivity index (χ0) is 16.4. The van der Waals surface area contributed by atoms with Gasteiger partial charge in [0, 0.05) is 18.2 Å². The number of likely N-dealkylation sites (tertiary alicyclic amines) is 1. The van der Waals surface area contributed by atoms with Gasteiger partial charge in [0.15, 0.2) is 0 Å². The molecule has 3 rings (SSSR count). The van der Waals surface area contributed by atoms with E-state index in [4.69, 9.17) is 0 Å². The molecule has 0 saturated carbocycles. The summed E-state index contributed by atoms with van der Waals surface area (Å²) in [6.07, 6.45) is 4.94. The van der Waals surface area contributed by atoms with E-state index in [0.717, 1.165) is 36.7 Å². The summed E-state index contributed by atoms with van der Waals surface area (Å²) in [6, 6.07) is 7.42. The molecule has 2 aliphatic rings. The van der Waals surface area contributed by atoms with Gasteiger partial charge < -0.3 is 4.90 Å². The molecule has 6 heteroatoms. The van der Waals surface area contributed by atoms with Crippen LogP contribution in [0.15, 0.2) is 29.2 Å². The SMILES string of the molecule is CC1CCCCN1C(=O)c1ccc(C=C2SC(=O)NC2=O)cc1. The van der Waals surface area contributed by atoms with Crippen LogP contribution in [0.4, 0.5) is 4.79 Å². The van der Waals surface area contributed by atoms with Crippen molar-refractivity contribution < 1.29 is 14.4 Å². The second-order valence-corrected chi connectivity index (χ2v) is 6.83. The summed E-state index contributed by atoms with van der Waals surface area (Å²) in [7, 11) is 0. The predicted molar refractivity (Wildman–Crippen MR) is 89.9 cm³/mol. The topological polar surface area (TPSA) is 66.5 Å². The molecule has 2 aliphatic heterocycles. The van der Waals surface area contributed by atoms with Crippen LogP contribution in [0.25, 0.3) is 6.08 Å². The third-order valence-electron chi connectivity index (χ3n) is 4.16. The lowest BCUT2D eigenvalue weighted by Crippen LogP contribution is -2.41. The highest BCUT2D eigenvalue weighted by Gasteiger charge is 2.26. The summed E-state index contributed by atoms with van der Waals surface area (Å²) in [6.45, 7) is 2.90. The van der Waals surface area contributed by atoms with Crippen molar-refractivity contribution >= 4 is 34.9 Å². The van der Waals surface area contributed by atoms with Crippen LogP contribution in [0.2, 0.25) is 0 Å². The van der Waals surface area contributed by atoms with Crippen molar-refractivity contribution in [3.63, 3.8) is 0 Å². The summed E-state index contributed by atoms with van der Waals surface area (Å²) >= 11 is 0.888. The summed E-state index contributed by atoms with van der Waals surface area (Å²) < 4.78 is 0. The molecule has 1 aromatic rings. The number of piperidine rings is 1. The van der Waals surface area contributed by atoms with E-state index in [-0.39, 0.29) is 23.1 Å². The smallest absolute Gasteiger partial charge is 0.290 e. The normalized spacial score (nSPS) is 23.3. The van der Waals surface area contributed by atoms with Crippen molar-refractivity contribution in [3.8, 4) is 0 Å². The van der Waals surface area contributed by atoms with Crippen LogP contribution in [0.3, 0.4) is 0 Å². The lowest BCUT2D eigenvalue weighted by atomic mass is 10.0. The van der Waals surface area contributed by atoms with Gasteiger partial charge in [-0.2, -0.15) is 0 Å². The number of nitrogens with zero attached hydrogens (tertiary/aromatic N) is 1. The fourth-order valence-electron chi connectivity index (χ4n) is 2.86. The second kappa shape index (κ2) is 6.58. The van der Waals surface area contributed by atoms with Crippen LogP contribution in [0.1, 0.15) is 42.1 Å². The van der Waals surface area contributed by atoms with Gasteiger partial charge in [0.05, 0.1) is 4.91 Å². The van der Waals surface area contributed by atoms with Crippen LogP contribution < -0.4 is 5.32 Å². The number of thioether (sulfide) groups is 1. The number of imide groups is 1. The maximum atomic E-state index is 12.6. The van der Waals surface area contributed by atoms with E-state index in [1.165, 1.54) is 6.42 Å². The molecule has 0 aromatic heterocycles. The standard InChI is InChI=1S/C17H18N2O3S/c1-11-4-2-3-9-19(11)16(21)13-7-5-12(6-8-13)10-14-15(20)18-17(22)23-14/h5-8,10-11H,2-4,9H2,1H3,(H,18,20,22). The molecule has 0 aliphatic carbocycles. The van der Waals surface area contributed by atoms with Gasteiger partial charge in [0.1, 0.15) is 0 Å². The molecule has 23 heavy (non-hydrogen) atoms. The average molecular weight is 330 g/mol. The number of carbonyl (C=O) groups is 3. The Labute approximate surface area is 139 Å². The van der Waals surface area contributed by atoms with Gasteiger partial charge in [-0.3, -0.25) is 19.7 Å². The lowest BCUT2D eigenvalue weighted by molar-refractivity contribution is -0.115. The molecular formula is C17H18N2O3S. The van der Waals surface area contributed by atoms with E-state index in [2.05, 4.69) is 12.2 Å². The first-order valence-electron chi connectivity index (χ1n) is 7.70. The fraction of sp³-hybridized carbons (Fsp3) is 0.353. The molecule has 2 heterocycles. The lowest BCUT2D eigenvalue weighted by Gasteiger charge is -2.33. The van der Waals surface area contributed by atoms with Gasteiger partial charge in [-0.25, -0.2) is 0 Å². The zero-order valence-electron chi connectivity index (χ0n) is 12.9. The number of benzene rings is 1. The largest absolute Gasteiger partial charge is 0.336 e. The Hall–Kier alpha value is -2.08. The highest BCUT2D eigenvalue weighted by molar-refractivity contribution is 8.18. The van der Waals surface area contributed by atoms with Gasteiger partial charge in [-0.05, 0) is 61.7 Å². The molecule has 0 radical (unpaired) electrons. The second-order valence-electron chi connectivity index (χ2n) is 5.82. The molecule has 1 aromatic carbocycles. The van der Waals surface area contributed by atoms with E-state index in [1.807, 2.05) is 4.90 Å². The van der Waals surface area contributed by atoms with Crippen molar-refractivity contribution in [2.24, 2.45) is 0 Å². The number of nitrogens with one attached hydrogen (secondary N) is 1. The molecule has 3 amide bonds. The molecule has 0 spiro atoms. The Bertz CT molecular complexity index is 682. The molecular weight excluding hydrogens is 312 g/mol. The summed E-state index contributed by atoms with van der Waals surface area (Å²) in [5.74, 6) is -0.318. The highest BCUT2D eigenvalue weighted by atomic mass is 32.2. The van der Waals surface area contributed by atoms with E-state index in [9.17, 15) is 14.4 Å². The van der Waals surface area contributed by atoms with Crippen molar-refractivity contribution in [1.82, 2.24) is 10.2 Å². The summed E-state index contributed by atoms with van der Waals surface area (Å²) in [5.41, 5.74) is 1.45. The molecule has 1 N–H and O–H groups in total. The first kappa shape index (κ1) is 15.8. The minimum Gasteiger partial charge on any atom is -0.336 e. The highest BCUT2D eigenvalue weighted by Crippen LogP contribution is 2.26. The average Bonchev–Trinajstić information content (AvgIpc) is 2.85. The molecule has 2 saturated heterocycles. The molecule has 5 nitrogen and oxygen atoms in total. The fourth-order valence-corrected chi connectivity index (χ4v) is 3.54. The van der Waals surface area contributed by atoms with Crippen molar-refractivity contribution in [1.29, 1.82) is 0 Å². The Morgan fingerprint density at radius 2 is 2.00 bits per heavy atom. The van der Waals surface area contributed by atoms with Crippen LogP contribution >= 0.6 is 11.8 Å². The van der Waals surface area contributed by atoms with Crippen LogP contribution in [-0.2, 0) is 4.79 Å². The van der Waals surface area contributed by atoms with Crippen molar-refractivity contribution in [2.45, 2.75) is 32.2 Å². The van der Waals surface area contributed by atoms with E-state index >= 15 is 0 Å². The van der Waals surface area contributed by atoms with Gasteiger partial charge >= 0.3 is 0 Å². The number of rotatable bonds is 2. The predicted octanol–water partition coefficient (Wildman–Crippen LogP) is 3.03. The minimum absolute atomic E-state index is 0.0552. The quantitative estimate of drug-likeness (QED) is 0.847. The summed E-state index contributed by atoms with van der Waals surface area (Å²) in [5, 5.41) is 1.87. The Kier molecular flexibility index (Phi) is 4.52. The van der Waals surface area contributed by atoms with Crippen molar-refractivity contribution in [2.75, 3.05) is 6.54 Å². The Balaban J connectivity index is 1.74. The van der Waals surface area contributed by atoms with Crippen molar-refractivity contribution in [3.05, 3.63) is 40.3 Å². The van der Waals surface area contributed by atoms with E-state index in [1.54, 1.807) is 30.3 Å². The zero-order valence-corrected chi connectivity index (χ0v) is 13.7. The third-order valence-corrected chi connectivity index (χ3v) is 4.97. The summed E-state index contributed by atoms with van der Waals surface area (Å²) in [4.78, 5) is 37.5. The number of hydrogen-bond acceptors (Lipinski definition) is 4. The number of hydrogen-bond donors (Lipinski definition) is 1. The van der Waals surface area contributed by atoms with Gasteiger partial charge in [0.2, 0.25) is 0 Å². The van der Waals surface area contributed by atoms with E-state index < -0.39 is 0 Å². The molecule has 1 atom stereocenters. The Morgan fingerprint density at radius 3 is 2.61 bits per heavy atom. The van der Waals surface area contributed by atoms with Crippen LogP contribution in [-0.4, -0.2) is 34.5 Å². The number of carbonyl (C=O) groups excluding carboxylic acids is 3. The molecule has 0 bridgehead atoms. The van der Waals surface area contributed by atoms with Crippen LogP contribution in [0, 0.1) is 0 Å². The molecule has 2 fully saturated rings. The maximum absolute atomic E-state index is 12.6. The van der Waals surface area contributed by atoms with Gasteiger partial charge in [-0.1, -0.05) is 12.1 Å². The monoisotopic (exact) mass is 330 g/mol. The van der Waals surface area contributed by atoms with E-state index in [0.29, 0.717) is 10.5 Å². The first-order chi connectivity index (χ1) is 11.0. The molecule has 120 valence electrons. The molecule has 1 unspecified atom stereocenters. The Morgan fingerprint density at radius 1 is 1.26 bits per heavy atom. The van der Waals surface area contributed by atoms with Gasteiger partial charge in [0.25, 0.3) is 17.1 Å². The third kappa shape index (κ3) is 3.47. The maximum Gasteiger partial charge on any atom is 0.290 e.